The van der Waals surface area contributed by atoms with Crippen molar-refractivity contribution in [2.45, 2.75) is 33.9 Å². The minimum atomic E-state index is -0.304. The van der Waals surface area contributed by atoms with Gasteiger partial charge in [-0.25, -0.2) is 4.39 Å². The van der Waals surface area contributed by atoms with E-state index in [4.69, 9.17) is 9.15 Å². The molecule has 0 spiro atoms. The molecule has 0 aliphatic heterocycles. The van der Waals surface area contributed by atoms with E-state index in [9.17, 15) is 4.39 Å². The first-order valence-electron chi connectivity index (χ1n) is 6.78. The Bertz CT molecular complexity index is 578. The van der Waals surface area contributed by atoms with E-state index in [1.54, 1.807) is 25.1 Å². The van der Waals surface area contributed by atoms with Gasteiger partial charge in [-0.05, 0) is 38.1 Å². The summed E-state index contributed by atoms with van der Waals surface area (Å²) in [7, 11) is 0. The van der Waals surface area contributed by atoms with Crippen molar-refractivity contribution in [3.63, 3.8) is 0 Å². The van der Waals surface area contributed by atoms with Crippen molar-refractivity contribution in [2.24, 2.45) is 0 Å². The summed E-state index contributed by atoms with van der Waals surface area (Å²) in [6.45, 7) is 7.54. The van der Waals surface area contributed by atoms with Gasteiger partial charge in [0.2, 0.25) is 0 Å². The van der Waals surface area contributed by atoms with Crippen LogP contribution in [0.1, 0.15) is 29.6 Å². The Balaban J connectivity index is 2.03. The van der Waals surface area contributed by atoms with Crippen LogP contribution >= 0.6 is 0 Å². The van der Waals surface area contributed by atoms with E-state index in [0.29, 0.717) is 18.7 Å². The molecule has 108 valence electrons. The molecule has 0 radical (unpaired) electrons. The van der Waals surface area contributed by atoms with Crippen LogP contribution in [-0.4, -0.2) is 6.54 Å². The number of benzene rings is 1. The van der Waals surface area contributed by atoms with Gasteiger partial charge < -0.3 is 14.5 Å². The van der Waals surface area contributed by atoms with Crippen LogP contribution in [-0.2, 0) is 13.2 Å². The van der Waals surface area contributed by atoms with Gasteiger partial charge in [0.15, 0.2) is 11.6 Å². The Kier molecular flexibility index (Phi) is 4.79. The maximum Gasteiger partial charge on any atom is 0.167 e. The highest BCUT2D eigenvalue weighted by atomic mass is 19.1. The smallest absolute Gasteiger partial charge is 0.167 e. The number of ether oxygens (including phenoxy) is 1. The fourth-order valence-corrected chi connectivity index (χ4v) is 1.95. The van der Waals surface area contributed by atoms with Crippen LogP contribution < -0.4 is 10.1 Å². The third-order valence-electron chi connectivity index (χ3n) is 3.16. The van der Waals surface area contributed by atoms with Gasteiger partial charge in [-0.2, -0.15) is 0 Å². The van der Waals surface area contributed by atoms with E-state index in [0.717, 1.165) is 23.6 Å². The summed E-state index contributed by atoms with van der Waals surface area (Å²) in [4.78, 5) is 0. The molecule has 1 N–H and O–H groups in total. The fourth-order valence-electron chi connectivity index (χ4n) is 1.95. The van der Waals surface area contributed by atoms with Crippen LogP contribution in [0.2, 0.25) is 0 Å². The van der Waals surface area contributed by atoms with Gasteiger partial charge in [-0.1, -0.05) is 19.1 Å². The second-order valence-corrected chi connectivity index (χ2v) is 4.75. The van der Waals surface area contributed by atoms with Crippen LogP contribution in [0.4, 0.5) is 4.39 Å². The van der Waals surface area contributed by atoms with E-state index < -0.39 is 0 Å². The highest BCUT2D eigenvalue weighted by Crippen LogP contribution is 2.22. The van der Waals surface area contributed by atoms with Gasteiger partial charge >= 0.3 is 0 Å². The highest BCUT2D eigenvalue weighted by Gasteiger charge is 2.10. The molecule has 0 fully saturated rings. The fraction of sp³-hybridized carbons (Fsp3) is 0.375. The molecule has 4 heteroatoms. The first kappa shape index (κ1) is 14.6. The molecule has 3 nitrogen and oxygen atoms in total. The zero-order valence-corrected chi connectivity index (χ0v) is 12.1. The molecule has 0 atom stereocenters. The molecular formula is C16H20FNO2. The first-order chi connectivity index (χ1) is 9.61. The molecule has 20 heavy (non-hydrogen) atoms. The van der Waals surface area contributed by atoms with Gasteiger partial charge in [0.25, 0.3) is 0 Å². The number of furan rings is 1. The molecule has 0 saturated heterocycles. The number of halogens is 1. The molecule has 0 amide bonds. The number of nitrogens with one attached hydrogen (secondary N) is 1. The molecule has 0 saturated carbocycles. The standard InChI is InChI=1S/C16H20FNO2/c1-4-18-9-14-8-13(12(3)20-14)10-19-15-7-5-6-11(2)16(15)17/h5-8,18H,4,9-10H2,1-3H3. The van der Waals surface area contributed by atoms with Gasteiger partial charge in [0.1, 0.15) is 18.1 Å². The van der Waals surface area contributed by atoms with E-state index >= 15 is 0 Å². The zero-order chi connectivity index (χ0) is 14.5. The molecule has 2 aromatic rings. The van der Waals surface area contributed by atoms with Crippen molar-refractivity contribution in [1.82, 2.24) is 5.32 Å². The molecule has 1 heterocycles. The van der Waals surface area contributed by atoms with Gasteiger partial charge in [0, 0.05) is 5.56 Å². The van der Waals surface area contributed by atoms with Crippen molar-refractivity contribution in [2.75, 3.05) is 6.54 Å². The van der Waals surface area contributed by atoms with Crippen LogP contribution in [0.3, 0.4) is 0 Å². The summed E-state index contributed by atoms with van der Waals surface area (Å²) < 4.78 is 25.0. The Morgan fingerprint density at radius 1 is 1.30 bits per heavy atom. The van der Waals surface area contributed by atoms with E-state index in [2.05, 4.69) is 5.32 Å². The Morgan fingerprint density at radius 3 is 2.85 bits per heavy atom. The number of hydrogen-bond donors (Lipinski definition) is 1. The van der Waals surface area contributed by atoms with Crippen molar-refractivity contribution in [1.29, 1.82) is 0 Å². The Morgan fingerprint density at radius 2 is 2.10 bits per heavy atom. The summed E-state index contributed by atoms with van der Waals surface area (Å²) in [6, 6.07) is 7.09. The van der Waals surface area contributed by atoms with Gasteiger partial charge in [0.05, 0.1) is 6.54 Å². The molecule has 2 rings (SSSR count). The molecule has 0 aliphatic rings. The maximum absolute atomic E-state index is 13.8. The minimum Gasteiger partial charge on any atom is -0.486 e. The molecule has 0 bridgehead atoms. The maximum atomic E-state index is 13.8. The van der Waals surface area contributed by atoms with Crippen LogP contribution in [0.15, 0.2) is 28.7 Å². The predicted octanol–water partition coefficient (Wildman–Crippen LogP) is 3.72. The van der Waals surface area contributed by atoms with E-state index in [1.807, 2.05) is 19.9 Å². The quantitative estimate of drug-likeness (QED) is 0.873. The van der Waals surface area contributed by atoms with Crippen LogP contribution in [0.25, 0.3) is 0 Å². The van der Waals surface area contributed by atoms with Crippen molar-refractivity contribution < 1.29 is 13.5 Å². The lowest BCUT2D eigenvalue weighted by Crippen LogP contribution is -2.10. The van der Waals surface area contributed by atoms with E-state index in [-0.39, 0.29) is 11.6 Å². The molecular weight excluding hydrogens is 257 g/mol. The first-order valence-corrected chi connectivity index (χ1v) is 6.78. The molecule has 0 aliphatic carbocycles. The van der Waals surface area contributed by atoms with Gasteiger partial charge in [-0.15, -0.1) is 0 Å². The second kappa shape index (κ2) is 6.57. The van der Waals surface area contributed by atoms with E-state index in [1.165, 1.54) is 0 Å². The molecule has 0 unspecified atom stereocenters. The average molecular weight is 277 g/mol. The minimum absolute atomic E-state index is 0.277. The van der Waals surface area contributed by atoms with Gasteiger partial charge in [-0.3, -0.25) is 0 Å². The number of rotatable bonds is 6. The molecule has 1 aromatic carbocycles. The van der Waals surface area contributed by atoms with Crippen molar-refractivity contribution >= 4 is 0 Å². The summed E-state index contributed by atoms with van der Waals surface area (Å²) in [6.07, 6.45) is 0. The van der Waals surface area contributed by atoms with Crippen LogP contribution in [0, 0.1) is 19.7 Å². The summed E-state index contributed by atoms with van der Waals surface area (Å²) in [5, 5.41) is 3.20. The summed E-state index contributed by atoms with van der Waals surface area (Å²) in [5.41, 5.74) is 1.53. The molecule has 1 aromatic heterocycles. The predicted molar refractivity (Wildman–Crippen MR) is 76.3 cm³/mol. The second-order valence-electron chi connectivity index (χ2n) is 4.75. The third-order valence-corrected chi connectivity index (χ3v) is 3.16. The Hall–Kier alpha value is -1.81. The Labute approximate surface area is 118 Å². The summed E-state index contributed by atoms with van der Waals surface area (Å²) >= 11 is 0. The SMILES string of the molecule is CCNCc1cc(COc2cccc(C)c2F)c(C)o1. The third kappa shape index (κ3) is 3.39. The number of hydrogen-bond acceptors (Lipinski definition) is 3. The normalized spacial score (nSPS) is 10.8. The zero-order valence-electron chi connectivity index (χ0n) is 12.1. The number of aryl methyl sites for hydroxylation is 2. The topological polar surface area (TPSA) is 34.4 Å². The lowest BCUT2D eigenvalue weighted by molar-refractivity contribution is 0.287. The lowest BCUT2D eigenvalue weighted by atomic mass is 10.2. The summed E-state index contributed by atoms with van der Waals surface area (Å²) in [5.74, 6) is 1.65. The average Bonchev–Trinajstić information content (AvgIpc) is 2.79. The lowest BCUT2D eigenvalue weighted by Gasteiger charge is -2.07. The van der Waals surface area contributed by atoms with Crippen molar-refractivity contribution in [3.8, 4) is 5.75 Å². The largest absolute Gasteiger partial charge is 0.486 e. The highest BCUT2D eigenvalue weighted by molar-refractivity contribution is 5.30. The monoisotopic (exact) mass is 277 g/mol. The van der Waals surface area contributed by atoms with Crippen molar-refractivity contribution in [3.05, 3.63) is 52.7 Å². The van der Waals surface area contributed by atoms with Crippen LogP contribution in [0.5, 0.6) is 5.75 Å².